The number of alkyl carbamates (subject to hydrolysis) is 1. The number of amides is 2. The van der Waals surface area contributed by atoms with Gasteiger partial charge in [0.2, 0.25) is 5.91 Å². The SMILES string of the molecule is CCC(C)[C@H](NC(=O)C(C(C)C)C(C)NC(=O)OCC1c2ccccc2-c2ccccc21)C(=O)O. The van der Waals surface area contributed by atoms with Crippen molar-refractivity contribution in [2.75, 3.05) is 6.61 Å². The van der Waals surface area contributed by atoms with Gasteiger partial charge < -0.3 is 20.5 Å². The Bertz CT molecular complexity index is 1020. The van der Waals surface area contributed by atoms with Crippen molar-refractivity contribution in [1.82, 2.24) is 10.6 Å². The summed E-state index contributed by atoms with van der Waals surface area (Å²) in [5, 5.41) is 15.0. The number of hydrogen-bond acceptors (Lipinski definition) is 4. The lowest BCUT2D eigenvalue weighted by atomic mass is 9.87. The van der Waals surface area contributed by atoms with E-state index in [1.54, 1.807) is 13.8 Å². The molecule has 0 spiro atoms. The van der Waals surface area contributed by atoms with Crippen LogP contribution >= 0.6 is 0 Å². The molecular weight excluding hydrogens is 444 g/mol. The van der Waals surface area contributed by atoms with Crippen molar-refractivity contribution in [3.8, 4) is 11.1 Å². The fourth-order valence-corrected chi connectivity index (χ4v) is 4.96. The summed E-state index contributed by atoms with van der Waals surface area (Å²) < 4.78 is 5.62. The first kappa shape index (κ1) is 26.3. The first-order chi connectivity index (χ1) is 16.6. The topological polar surface area (TPSA) is 105 Å². The first-order valence-electron chi connectivity index (χ1n) is 12.3. The van der Waals surface area contributed by atoms with Gasteiger partial charge in [-0.25, -0.2) is 9.59 Å². The summed E-state index contributed by atoms with van der Waals surface area (Å²) >= 11 is 0. The van der Waals surface area contributed by atoms with E-state index in [9.17, 15) is 19.5 Å². The highest BCUT2D eigenvalue weighted by atomic mass is 16.5. The first-order valence-corrected chi connectivity index (χ1v) is 12.3. The van der Waals surface area contributed by atoms with Gasteiger partial charge in [-0.1, -0.05) is 82.6 Å². The molecule has 3 rings (SSSR count). The Morgan fingerprint density at radius 1 is 0.914 bits per heavy atom. The zero-order valence-corrected chi connectivity index (χ0v) is 21.1. The molecule has 3 unspecified atom stereocenters. The third kappa shape index (κ3) is 5.84. The van der Waals surface area contributed by atoms with E-state index in [0.717, 1.165) is 22.3 Å². The number of carboxylic acids is 1. The molecule has 0 saturated carbocycles. The fraction of sp³-hybridized carbons (Fsp3) is 0.464. The molecular formula is C28H36N2O5. The number of carbonyl (C=O) groups is 3. The monoisotopic (exact) mass is 480 g/mol. The lowest BCUT2D eigenvalue weighted by Gasteiger charge is -2.29. The van der Waals surface area contributed by atoms with Crippen LogP contribution in [0.15, 0.2) is 48.5 Å². The summed E-state index contributed by atoms with van der Waals surface area (Å²) in [4.78, 5) is 37.4. The average molecular weight is 481 g/mol. The maximum absolute atomic E-state index is 13.0. The van der Waals surface area contributed by atoms with Gasteiger partial charge in [-0.2, -0.15) is 0 Å². The average Bonchev–Trinajstić information content (AvgIpc) is 3.14. The Morgan fingerprint density at radius 2 is 1.46 bits per heavy atom. The quantitative estimate of drug-likeness (QED) is 0.453. The second kappa shape index (κ2) is 11.4. The van der Waals surface area contributed by atoms with E-state index in [1.807, 2.05) is 45.0 Å². The number of nitrogens with one attached hydrogen (secondary N) is 2. The van der Waals surface area contributed by atoms with Gasteiger partial charge >= 0.3 is 12.1 Å². The van der Waals surface area contributed by atoms with Gasteiger partial charge in [-0.3, -0.25) is 4.79 Å². The number of carbonyl (C=O) groups excluding carboxylic acids is 2. The van der Waals surface area contributed by atoms with Crippen LogP contribution in [0.25, 0.3) is 11.1 Å². The number of benzene rings is 2. The van der Waals surface area contributed by atoms with Gasteiger partial charge in [-0.15, -0.1) is 0 Å². The number of rotatable bonds is 10. The van der Waals surface area contributed by atoms with Crippen LogP contribution in [0.2, 0.25) is 0 Å². The van der Waals surface area contributed by atoms with Gasteiger partial charge in [0.15, 0.2) is 0 Å². The number of carboxylic acid groups (broad SMARTS) is 1. The molecule has 0 aliphatic heterocycles. The van der Waals surface area contributed by atoms with Crippen molar-refractivity contribution >= 4 is 18.0 Å². The van der Waals surface area contributed by atoms with E-state index in [-0.39, 0.29) is 30.3 Å². The number of ether oxygens (including phenoxy) is 1. The minimum atomic E-state index is -1.06. The van der Waals surface area contributed by atoms with Crippen LogP contribution in [0.3, 0.4) is 0 Å². The van der Waals surface area contributed by atoms with Crippen molar-refractivity contribution in [1.29, 1.82) is 0 Å². The second-order valence-corrected chi connectivity index (χ2v) is 9.74. The molecule has 0 aromatic heterocycles. The molecule has 2 aromatic rings. The molecule has 1 aliphatic carbocycles. The zero-order valence-electron chi connectivity index (χ0n) is 21.1. The summed E-state index contributed by atoms with van der Waals surface area (Å²) in [6.07, 6.45) is 0.0199. The normalized spacial score (nSPS) is 15.9. The van der Waals surface area contributed by atoms with Crippen molar-refractivity contribution in [3.05, 3.63) is 59.7 Å². The largest absolute Gasteiger partial charge is 0.480 e. The maximum Gasteiger partial charge on any atom is 0.407 e. The van der Waals surface area contributed by atoms with Gasteiger partial charge in [0.05, 0.1) is 5.92 Å². The summed E-state index contributed by atoms with van der Waals surface area (Å²) in [7, 11) is 0. The minimum Gasteiger partial charge on any atom is -0.480 e. The van der Waals surface area contributed by atoms with E-state index in [4.69, 9.17) is 4.74 Å². The summed E-state index contributed by atoms with van der Waals surface area (Å²) in [5.41, 5.74) is 4.55. The number of hydrogen-bond donors (Lipinski definition) is 3. The van der Waals surface area contributed by atoms with Crippen LogP contribution in [0.1, 0.15) is 58.1 Å². The van der Waals surface area contributed by atoms with E-state index >= 15 is 0 Å². The lowest BCUT2D eigenvalue weighted by Crippen LogP contribution is -2.53. The van der Waals surface area contributed by atoms with Crippen LogP contribution in [0, 0.1) is 17.8 Å². The Balaban J connectivity index is 1.65. The van der Waals surface area contributed by atoms with Gasteiger partial charge in [-0.05, 0) is 41.0 Å². The van der Waals surface area contributed by atoms with Crippen molar-refractivity contribution < 1.29 is 24.2 Å². The molecule has 1 aliphatic rings. The second-order valence-electron chi connectivity index (χ2n) is 9.74. The van der Waals surface area contributed by atoms with Crippen molar-refractivity contribution in [2.24, 2.45) is 17.8 Å². The Kier molecular flexibility index (Phi) is 8.54. The summed E-state index contributed by atoms with van der Waals surface area (Å²) in [6, 6.07) is 14.7. The van der Waals surface area contributed by atoms with E-state index < -0.39 is 30.1 Å². The highest BCUT2D eigenvalue weighted by Gasteiger charge is 2.34. The molecule has 0 radical (unpaired) electrons. The molecule has 2 amide bonds. The molecule has 3 N–H and O–H groups in total. The molecule has 0 fully saturated rings. The van der Waals surface area contributed by atoms with Crippen LogP contribution in [-0.2, 0) is 14.3 Å². The summed E-state index contributed by atoms with van der Waals surface area (Å²) in [5.74, 6) is -2.45. The highest BCUT2D eigenvalue weighted by Crippen LogP contribution is 2.44. The Hall–Kier alpha value is -3.35. The van der Waals surface area contributed by atoms with Crippen LogP contribution in [0.5, 0.6) is 0 Å². The smallest absolute Gasteiger partial charge is 0.407 e. The molecule has 188 valence electrons. The molecule has 0 saturated heterocycles. The summed E-state index contributed by atoms with van der Waals surface area (Å²) in [6.45, 7) is 9.35. The molecule has 7 heteroatoms. The van der Waals surface area contributed by atoms with E-state index in [2.05, 4.69) is 34.9 Å². The minimum absolute atomic E-state index is 0.0560. The molecule has 35 heavy (non-hydrogen) atoms. The van der Waals surface area contributed by atoms with Crippen LogP contribution < -0.4 is 10.6 Å². The van der Waals surface area contributed by atoms with Crippen LogP contribution in [0.4, 0.5) is 4.79 Å². The predicted molar refractivity (Wildman–Crippen MR) is 135 cm³/mol. The number of aliphatic carboxylic acids is 1. The van der Waals surface area contributed by atoms with Crippen molar-refractivity contribution in [3.63, 3.8) is 0 Å². The van der Waals surface area contributed by atoms with Gasteiger partial charge in [0.1, 0.15) is 12.6 Å². The van der Waals surface area contributed by atoms with E-state index in [0.29, 0.717) is 6.42 Å². The molecule has 0 bridgehead atoms. The third-order valence-corrected chi connectivity index (χ3v) is 7.03. The highest BCUT2D eigenvalue weighted by molar-refractivity contribution is 5.86. The van der Waals surface area contributed by atoms with Crippen molar-refractivity contribution in [2.45, 2.75) is 59.0 Å². The van der Waals surface area contributed by atoms with E-state index in [1.165, 1.54) is 0 Å². The lowest BCUT2D eigenvalue weighted by molar-refractivity contribution is -0.144. The van der Waals surface area contributed by atoms with Gasteiger partial charge in [0, 0.05) is 12.0 Å². The molecule has 0 heterocycles. The Labute approximate surface area is 207 Å². The number of fused-ring (bicyclic) bond motifs is 3. The third-order valence-electron chi connectivity index (χ3n) is 7.03. The predicted octanol–water partition coefficient (Wildman–Crippen LogP) is 4.80. The molecule has 7 nitrogen and oxygen atoms in total. The molecule has 2 aromatic carbocycles. The zero-order chi connectivity index (χ0) is 25.7. The Morgan fingerprint density at radius 3 is 1.94 bits per heavy atom. The van der Waals surface area contributed by atoms with Crippen LogP contribution in [-0.4, -0.2) is 41.8 Å². The van der Waals surface area contributed by atoms with Gasteiger partial charge in [0.25, 0.3) is 0 Å². The standard InChI is InChI=1S/C28H36N2O5/c1-6-17(4)25(27(32)33)30-26(31)24(16(2)3)18(5)29-28(34)35-15-23-21-13-9-7-11-19(21)20-12-8-10-14-22(20)23/h7-14,16-18,23-25H,6,15H2,1-5H3,(H,29,34)(H,30,31)(H,32,33)/t17?,18?,24?,25-/m0/s1. The maximum atomic E-state index is 13.0. The fourth-order valence-electron chi connectivity index (χ4n) is 4.96. The molecule has 4 atom stereocenters.